The molecule has 0 bridgehead atoms. The van der Waals surface area contributed by atoms with Crippen molar-refractivity contribution in [2.45, 2.75) is 25.8 Å². The molecule has 1 fully saturated rings. The molecule has 1 aromatic rings. The number of hydrogen-bond donors (Lipinski definition) is 1. The second-order valence-corrected chi connectivity index (χ2v) is 4.47. The molecule has 1 N–H and O–H groups in total. The predicted octanol–water partition coefficient (Wildman–Crippen LogP) is 2.12. The minimum absolute atomic E-state index is 0.0812. The number of nitrogens with one attached hydrogen (secondary N) is 1. The molecule has 1 aromatic carbocycles. The number of carbonyl (C=O) groups excluding carboxylic acids is 1. The van der Waals surface area contributed by atoms with Gasteiger partial charge in [0.1, 0.15) is 5.75 Å². The Morgan fingerprint density at radius 2 is 2.06 bits per heavy atom. The lowest BCUT2D eigenvalue weighted by Crippen LogP contribution is -2.36. The highest BCUT2D eigenvalue weighted by Gasteiger charge is 2.31. The van der Waals surface area contributed by atoms with Gasteiger partial charge in [-0.3, -0.25) is 4.79 Å². The van der Waals surface area contributed by atoms with Crippen molar-refractivity contribution in [1.29, 1.82) is 0 Å². The van der Waals surface area contributed by atoms with Crippen LogP contribution in [0.2, 0.25) is 0 Å². The van der Waals surface area contributed by atoms with Gasteiger partial charge in [0.15, 0.2) is 6.61 Å². The van der Waals surface area contributed by atoms with Gasteiger partial charge in [0, 0.05) is 25.3 Å². The third-order valence-electron chi connectivity index (χ3n) is 3.15. The van der Waals surface area contributed by atoms with Crippen molar-refractivity contribution < 1.29 is 9.53 Å². The van der Waals surface area contributed by atoms with Gasteiger partial charge in [-0.2, -0.15) is 0 Å². The molecule has 1 saturated carbocycles. The average Bonchev–Trinajstić information content (AvgIpc) is 3.22. The van der Waals surface area contributed by atoms with E-state index in [1.165, 1.54) is 0 Å². The van der Waals surface area contributed by atoms with Crippen LogP contribution in [0.1, 0.15) is 19.8 Å². The average molecular weight is 248 g/mol. The maximum Gasteiger partial charge on any atom is 0.260 e. The number of amides is 1. The Labute approximate surface area is 108 Å². The fourth-order valence-corrected chi connectivity index (χ4v) is 1.97. The summed E-state index contributed by atoms with van der Waals surface area (Å²) in [5.41, 5.74) is 1.03. The normalized spacial score (nSPS) is 14.1. The second-order valence-electron chi connectivity index (χ2n) is 4.47. The highest BCUT2D eigenvalue weighted by atomic mass is 16.5. The van der Waals surface area contributed by atoms with Crippen molar-refractivity contribution in [3.05, 3.63) is 24.3 Å². The van der Waals surface area contributed by atoms with Crippen molar-refractivity contribution >= 4 is 11.6 Å². The van der Waals surface area contributed by atoms with E-state index in [0.717, 1.165) is 30.8 Å². The number of hydrogen-bond acceptors (Lipinski definition) is 3. The zero-order valence-corrected chi connectivity index (χ0v) is 11.0. The number of ether oxygens (including phenoxy) is 1. The molecule has 4 nitrogen and oxygen atoms in total. The molecule has 0 aromatic heterocycles. The lowest BCUT2D eigenvalue weighted by Gasteiger charge is -2.20. The van der Waals surface area contributed by atoms with Crippen LogP contribution in [0.3, 0.4) is 0 Å². The maximum absolute atomic E-state index is 11.9. The van der Waals surface area contributed by atoms with Gasteiger partial charge in [0.25, 0.3) is 5.91 Å². The lowest BCUT2D eigenvalue weighted by molar-refractivity contribution is -0.133. The zero-order chi connectivity index (χ0) is 13.0. The van der Waals surface area contributed by atoms with Gasteiger partial charge < -0.3 is 15.0 Å². The van der Waals surface area contributed by atoms with E-state index in [1.807, 2.05) is 43.1 Å². The molecule has 98 valence electrons. The minimum Gasteiger partial charge on any atom is -0.484 e. The predicted molar refractivity (Wildman–Crippen MR) is 71.9 cm³/mol. The number of carbonyl (C=O) groups is 1. The fraction of sp³-hybridized carbons (Fsp3) is 0.500. The molecule has 0 saturated heterocycles. The lowest BCUT2D eigenvalue weighted by atomic mass is 10.3. The van der Waals surface area contributed by atoms with Crippen LogP contribution in [0.25, 0.3) is 0 Å². The van der Waals surface area contributed by atoms with Gasteiger partial charge in [0.2, 0.25) is 0 Å². The summed E-state index contributed by atoms with van der Waals surface area (Å²) in [5, 5.41) is 3.04. The van der Waals surface area contributed by atoms with Crippen LogP contribution in [-0.4, -0.2) is 37.0 Å². The first-order valence-corrected chi connectivity index (χ1v) is 6.44. The summed E-state index contributed by atoms with van der Waals surface area (Å²) in [7, 11) is 1.87. The summed E-state index contributed by atoms with van der Waals surface area (Å²) in [6, 6.07) is 8.05. The first-order chi connectivity index (χ1) is 8.74. The quantitative estimate of drug-likeness (QED) is 0.838. The summed E-state index contributed by atoms with van der Waals surface area (Å²) >= 11 is 0. The Morgan fingerprint density at radius 3 is 2.56 bits per heavy atom. The highest BCUT2D eigenvalue weighted by molar-refractivity contribution is 5.78. The number of benzene rings is 1. The van der Waals surface area contributed by atoms with Crippen LogP contribution in [0.5, 0.6) is 5.75 Å². The van der Waals surface area contributed by atoms with E-state index in [0.29, 0.717) is 6.04 Å². The molecule has 1 amide bonds. The highest BCUT2D eigenvalue weighted by Crippen LogP contribution is 2.26. The molecule has 0 spiro atoms. The molecule has 4 heteroatoms. The molecule has 0 atom stereocenters. The fourth-order valence-electron chi connectivity index (χ4n) is 1.97. The second kappa shape index (κ2) is 5.76. The van der Waals surface area contributed by atoms with Crippen LogP contribution in [0, 0.1) is 0 Å². The summed E-state index contributed by atoms with van der Waals surface area (Å²) in [4.78, 5) is 13.8. The number of anilines is 1. The first-order valence-electron chi connectivity index (χ1n) is 6.44. The monoisotopic (exact) mass is 248 g/mol. The van der Waals surface area contributed by atoms with Crippen LogP contribution in [0.4, 0.5) is 5.69 Å². The number of rotatable bonds is 6. The van der Waals surface area contributed by atoms with Crippen LogP contribution >= 0.6 is 0 Å². The summed E-state index contributed by atoms with van der Waals surface area (Å²) < 4.78 is 5.51. The zero-order valence-electron chi connectivity index (χ0n) is 11.0. The van der Waals surface area contributed by atoms with E-state index in [9.17, 15) is 4.79 Å². The van der Waals surface area contributed by atoms with E-state index < -0.39 is 0 Å². The van der Waals surface area contributed by atoms with Crippen LogP contribution in [0.15, 0.2) is 24.3 Å². The van der Waals surface area contributed by atoms with E-state index in [-0.39, 0.29) is 12.5 Å². The van der Waals surface area contributed by atoms with Gasteiger partial charge in [-0.1, -0.05) is 0 Å². The summed E-state index contributed by atoms with van der Waals surface area (Å²) in [6.07, 6.45) is 2.27. The molecular weight excluding hydrogens is 228 g/mol. The van der Waals surface area contributed by atoms with Gasteiger partial charge >= 0.3 is 0 Å². The van der Waals surface area contributed by atoms with Crippen molar-refractivity contribution in [2.24, 2.45) is 0 Å². The van der Waals surface area contributed by atoms with Crippen molar-refractivity contribution in [2.75, 3.05) is 25.5 Å². The van der Waals surface area contributed by atoms with Gasteiger partial charge in [0.05, 0.1) is 0 Å². The van der Waals surface area contributed by atoms with Gasteiger partial charge in [-0.15, -0.1) is 0 Å². The van der Waals surface area contributed by atoms with E-state index in [2.05, 4.69) is 5.32 Å². The molecule has 1 aliphatic rings. The summed E-state index contributed by atoms with van der Waals surface area (Å²) in [6.45, 7) is 2.91. The maximum atomic E-state index is 11.9. The van der Waals surface area contributed by atoms with Crippen molar-refractivity contribution in [3.8, 4) is 5.75 Å². The third kappa shape index (κ3) is 3.15. The van der Waals surface area contributed by atoms with E-state index in [4.69, 9.17) is 4.74 Å². The standard InChI is InChI=1S/C14H20N2O2/c1-3-16(12-6-7-12)14(17)10-18-13-8-4-11(15-2)5-9-13/h4-5,8-9,12,15H,3,6-7,10H2,1-2H3. The smallest absolute Gasteiger partial charge is 0.260 e. The Morgan fingerprint density at radius 1 is 1.39 bits per heavy atom. The van der Waals surface area contributed by atoms with Gasteiger partial charge in [-0.25, -0.2) is 0 Å². The van der Waals surface area contributed by atoms with Crippen molar-refractivity contribution in [1.82, 2.24) is 4.90 Å². The first kappa shape index (κ1) is 12.7. The van der Waals surface area contributed by atoms with Gasteiger partial charge in [-0.05, 0) is 44.0 Å². The molecule has 2 rings (SSSR count). The van der Waals surface area contributed by atoms with Crippen molar-refractivity contribution in [3.63, 3.8) is 0 Å². The molecule has 0 radical (unpaired) electrons. The topological polar surface area (TPSA) is 41.6 Å². The molecule has 0 unspecified atom stereocenters. The Balaban J connectivity index is 1.84. The molecule has 0 heterocycles. The Bertz CT molecular complexity index is 399. The molecule has 1 aliphatic carbocycles. The molecule has 0 aliphatic heterocycles. The molecule has 18 heavy (non-hydrogen) atoms. The molecular formula is C14H20N2O2. The number of likely N-dealkylation sites (N-methyl/N-ethyl adjacent to an activating group) is 1. The van der Waals surface area contributed by atoms with E-state index >= 15 is 0 Å². The Hall–Kier alpha value is -1.71. The Kier molecular flexibility index (Phi) is 4.07. The minimum atomic E-state index is 0.0812. The van der Waals surface area contributed by atoms with Crippen LogP contribution in [-0.2, 0) is 4.79 Å². The largest absolute Gasteiger partial charge is 0.484 e. The SMILES string of the molecule is CCN(C(=O)COc1ccc(NC)cc1)C1CC1. The third-order valence-corrected chi connectivity index (χ3v) is 3.15. The number of nitrogens with zero attached hydrogens (tertiary/aromatic N) is 1. The van der Waals surface area contributed by atoms with E-state index in [1.54, 1.807) is 0 Å². The van der Waals surface area contributed by atoms with Crippen LogP contribution < -0.4 is 10.1 Å². The summed E-state index contributed by atoms with van der Waals surface area (Å²) in [5.74, 6) is 0.812.